The Morgan fingerprint density at radius 3 is 2.75 bits per heavy atom. The van der Waals surface area contributed by atoms with Crippen molar-refractivity contribution >= 4 is 5.97 Å². The van der Waals surface area contributed by atoms with Gasteiger partial charge in [0.2, 0.25) is 0 Å². The molecule has 0 spiro atoms. The average molecular weight is 222 g/mol. The van der Waals surface area contributed by atoms with Gasteiger partial charge in [0.1, 0.15) is 5.56 Å². The van der Waals surface area contributed by atoms with Crippen LogP contribution in [0.4, 0.5) is 0 Å². The van der Waals surface area contributed by atoms with E-state index in [1.807, 2.05) is 0 Å². The lowest BCUT2D eigenvalue weighted by atomic mass is 9.79. The Labute approximate surface area is 95.1 Å². The van der Waals surface area contributed by atoms with Crippen LogP contribution in [-0.4, -0.2) is 21.3 Å². The molecular formula is C12H18N2O2. The fourth-order valence-electron chi connectivity index (χ4n) is 2.64. The van der Waals surface area contributed by atoms with Crippen LogP contribution in [0.25, 0.3) is 0 Å². The Morgan fingerprint density at radius 1 is 1.50 bits per heavy atom. The van der Waals surface area contributed by atoms with Gasteiger partial charge >= 0.3 is 5.97 Å². The van der Waals surface area contributed by atoms with Gasteiger partial charge in [-0.05, 0) is 31.6 Å². The van der Waals surface area contributed by atoms with Crippen LogP contribution in [0.15, 0.2) is 6.20 Å². The maximum atomic E-state index is 11.0. The molecule has 1 aromatic heterocycles. The van der Waals surface area contributed by atoms with Crippen LogP contribution in [0.3, 0.4) is 0 Å². The number of aromatic amines is 1. The quantitative estimate of drug-likeness (QED) is 0.826. The Hall–Kier alpha value is -1.32. The minimum Gasteiger partial charge on any atom is -0.478 e. The first kappa shape index (κ1) is 11.2. The lowest BCUT2D eigenvalue weighted by Gasteiger charge is -2.27. The summed E-state index contributed by atoms with van der Waals surface area (Å²) in [4.78, 5) is 11.0. The van der Waals surface area contributed by atoms with Gasteiger partial charge in [0.05, 0.1) is 11.9 Å². The number of rotatable bonds is 3. The third-order valence-electron chi connectivity index (χ3n) is 3.73. The first-order chi connectivity index (χ1) is 7.72. The van der Waals surface area contributed by atoms with Crippen LogP contribution in [0, 0.1) is 5.92 Å². The summed E-state index contributed by atoms with van der Waals surface area (Å²) in [6.07, 6.45) is 7.24. The summed E-state index contributed by atoms with van der Waals surface area (Å²) in [6, 6.07) is 0. The van der Waals surface area contributed by atoms with E-state index in [0.717, 1.165) is 24.5 Å². The molecule has 4 nitrogen and oxygen atoms in total. The maximum absolute atomic E-state index is 11.0. The second-order valence-corrected chi connectivity index (χ2v) is 4.63. The SMILES string of the molecule is CCC1CCC(c2[nH]ncc2C(=O)O)CC1. The summed E-state index contributed by atoms with van der Waals surface area (Å²) >= 11 is 0. The van der Waals surface area contributed by atoms with Crippen molar-refractivity contribution in [2.45, 2.75) is 44.9 Å². The van der Waals surface area contributed by atoms with Crippen LogP contribution in [-0.2, 0) is 0 Å². The molecule has 88 valence electrons. The van der Waals surface area contributed by atoms with E-state index in [2.05, 4.69) is 17.1 Å². The van der Waals surface area contributed by atoms with Crippen molar-refractivity contribution in [2.24, 2.45) is 5.92 Å². The van der Waals surface area contributed by atoms with Gasteiger partial charge < -0.3 is 5.11 Å². The summed E-state index contributed by atoms with van der Waals surface area (Å²) in [6.45, 7) is 2.23. The monoisotopic (exact) mass is 222 g/mol. The Morgan fingerprint density at radius 2 is 2.19 bits per heavy atom. The molecule has 0 bridgehead atoms. The molecule has 0 aliphatic heterocycles. The normalized spacial score (nSPS) is 25.6. The lowest BCUT2D eigenvalue weighted by Crippen LogP contribution is -2.15. The van der Waals surface area contributed by atoms with E-state index >= 15 is 0 Å². The number of aromatic nitrogens is 2. The van der Waals surface area contributed by atoms with Crippen LogP contribution < -0.4 is 0 Å². The smallest absolute Gasteiger partial charge is 0.339 e. The van der Waals surface area contributed by atoms with Gasteiger partial charge in [-0.1, -0.05) is 13.3 Å². The van der Waals surface area contributed by atoms with Crippen LogP contribution >= 0.6 is 0 Å². The third kappa shape index (κ3) is 2.10. The van der Waals surface area contributed by atoms with Crippen LogP contribution in [0.2, 0.25) is 0 Å². The Balaban J connectivity index is 2.08. The molecule has 1 saturated carbocycles. The predicted molar refractivity (Wildman–Crippen MR) is 60.5 cm³/mol. The van der Waals surface area contributed by atoms with E-state index in [0.29, 0.717) is 11.5 Å². The number of hydrogen-bond donors (Lipinski definition) is 2. The number of carboxylic acid groups (broad SMARTS) is 1. The highest BCUT2D eigenvalue weighted by atomic mass is 16.4. The van der Waals surface area contributed by atoms with Crippen molar-refractivity contribution in [3.05, 3.63) is 17.5 Å². The molecule has 0 radical (unpaired) electrons. The molecule has 1 aliphatic carbocycles. The average Bonchev–Trinajstić information content (AvgIpc) is 2.78. The molecule has 0 unspecified atom stereocenters. The summed E-state index contributed by atoms with van der Waals surface area (Å²) in [5.74, 6) is 0.310. The number of nitrogens with one attached hydrogen (secondary N) is 1. The molecule has 1 fully saturated rings. The molecular weight excluding hydrogens is 204 g/mol. The van der Waals surface area contributed by atoms with Crippen LogP contribution in [0.5, 0.6) is 0 Å². The van der Waals surface area contributed by atoms with Crippen molar-refractivity contribution in [3.8, 4) is 0 Å². The van der Waals surface area contributed by atoms with Crippen molar-refractivity contribution in [3.63, 3.8) is 0 Å². The van der Waals surface area contributed by atoms with Gasteiger partial charge in [-0.15, -0.1) is 0 Å². The number of nitrogens with zero attached hydrogens (tertiary/aromatic N) is 1. The van der Waals surface area contributed by atoms with Gasteiger partial charge in [-0.2, -0.15) is 5.10 Å². The summed E-state index contributed by atoms with van der Waals surface area (Å²) in [7, 11) is 0. The largest absolute Gasteiger partial charge is 0.478 e. The fraction of sp³-hybridized carbons (Fsp3) is 0.667. The minimum absolute atomic E-state index is 0.347. The van der Waals surface area contributed by atoms with Crippen molar-refractivity contribution < 1.29 is 9.90 Å². The van der Waals surface area contributed by atoms with Gasteiger partial charge in [-0.25, -0.2) is 4.79 Å². The van der Waals surface area contributed by atoms with Crippen molar-refractivity contribution in [1.29, 1.82) is 0 Å². The van der Waals surface area contributed by atoms with Gasteiger partial charge in [0.25, 0.3) is 0 Å². The van der Waals surface area contributed by atoms with E-state index in [1.54, 1.807) is 0 Å². The van der Waals surface area contributed by atoms with Crippen molar-refractivity contribution in [1.82, 2.24) is 10.2 Å². The minimum atomic E-state index is -0.874. The zero-order valence-corrected chi connectivity index (χ0v) is 9.57. The lowest BCUT2D eigenvalue weighted by molar-refractivity contribution is 0.0694. The molecule has 16 heavy (non-hydrogen) atoms. The molecule has 0 aromatic carbocycles. The zero-order chi connectivity index (χ0) is 11.5. The highest BCUT2D eigenvalue weighted by molar-refractivity contribution is 5.88. The van der Waals surface area contributed by atoms with E-state index in [1.165, 1.54) is 25.5 Å². The molecule has 0 amide bonds. The summed E-state index contributed by atoms with van der Waals surface area (Å²) in [5, 5.41) is 15.7. The Kier molecular flexibility index (Phi) is 3.27. The second-order valence-electron chi connectivity index (χ2n) is 4.63. The highest BCUT2D eigenvalue weighted by Gasteiger charge is 2.26. The number of carboxylic acids is 1. The van der Waals surface area contributed by atoms with Gasteiger partial charge in [-0.3, -0.25) is 5.10 Å². The third-order valence-corrected chi connectivity index (χ3v) is 3.73. The number of carbonyl (C=O) groups is 1. The van der Waals surface area contributed by atoms with E-state index in [-0.39, 0.29) is 0 Å². The summed E-state index contributed by atoms with van der Waals surface area (Å²) in [5.41, 5.74) is 1.17. The molecule has 0 atom stereocenters. The number of hydrogen-bond acceptors (Lipinski definition) is 2. The number of H-pyrrole nitrogens is 1. The topological polar surface area (TPSA) is 66.0 Å². The number of aromatic carboxylic acids is 1. The van der Waals surface area contributed by atoms with Crippen molar-refractivity contribution in [2.75, 3.05) is 0 Å². The fourth-order valence-corrected chi connectivity index (χ4v) is 2.64. The van der Waals surface area contributed by atoms with E-state index in [9.17, 15) is 4.79 Å². The first-order valence-electron chi connectivity index (χ1n) is 5.99. The highest BCUT2D eigenvalue weighted by Crippen LogP contribution is 2.37. The molecule has 2 rings (SSSR count). The zero-order valence-electron chi connectivity index (χ0n) is 9.57. The standard InChI is InChI=1S/C12H18N2O2/c1-2-8-3-5-9(6-4-8)11-10(12(15)16)7-13-14-11/h7-9H,2-6H2,1H3,(H,13,14)(H,15,16). The molecule has 2 N–H and O–H groups in total. The maximum Gasteiger partial charge on any atom is 0.339 e. The summed E-state index contributed by atoms with van der Waals surface area (Å²) < 4.78 is 0. The van der Waals surface area contributed by atoms with E-state index < -0.39 is 5.97 Å². The second kappa shape index (κ2) is 4.68. The molecule has 0 saturated heterocycles. The first-order valence-corrected chi connectivity index (χ1v) is 5.99. The molecule has 4 heteroatoms. The molecule has 1 heterocycles. The van der Waals surface area contributed by atoms with Gasteiger partial charge in [0, 0.05) is 5.92 Å². The Bertz CT molecular complexity index is 365. The van der Waals surface area contributed by atoms with E-state index in [4.69, 9.17) is 5.11 Å². The van der Waals surface area contributed by atoms with Crippen LogP contribution in [0.1, 0.15) is 61.0 Å². The molecule has 1 aromatic rings. The van der Waals surface area contributed by atoms with Gasteiger partial charge in [0.15, 0.2) is 0 Å². The molecule has 1 aliphatic rings. The predicted octanol–water partition coefficient (Wildman–Crippen LogP) is 2.79.